The van der Waals surface area contributed by atoms with E-state index in [2.05, 4.69) is 26.2 Å². The Bertz CT molecular complexity index is 717. The van der Waals surface area contributed by atoms with Gasteiger partial charge >= 0.3 is 5.97 Å². The maximum absolute atomic E-state index is 12.5. The van der Waals surface area contributed by atoms with E-state index in [0.29, 0.717) is 23.0 Å². The molecule has 0 radical (unpaired) electrons. The molecule has 0 spiro atoms. The third-order valence-electron chi connectivity index (χ3n) is 4.09. The molecule has 1 aromatic carbocycles. The fraction of sp³-hybridized carbons (Fsp3) is 0.333. The number of hydrogen-bond acceptors (Lipinski definition) is 2. The van der Waals surface area contributed by atoms with Gasteiger partial charge in [0, 0.05) is 10.9 Å². The number of nitrogens with one attached hydrogen (secondary N) is 2. The normalized spacial score (nSPS) is 17.0. The summed E-state index contributed by atoms with van der Waals surface area (Å²) in [4.78, 5) is 27.0. The van der Waals surface area contributed by atoms with Gasteiger partial charge in [-0.25, -0.2) is 4.79 Å². The molecular weight excluding hydrogens is 336 g/mol. The molecule has 0 unspecified atom stereocenters. The molecule has 1 aliphatic carbocycles. The number of carboxylic acid groups (broad SMARTS) is 1. The van der Waals surface area contributed by atoms with E-state index in [4.69, 9.17) is 0 Å². The summed E-state index contributed by atoms with van der Waals surface area (Å²) >= 11 is 3.42. The van der Waals surface area contributed by atoms with Gasteiger partial charge < -0.3 is 15.4 Å². The Hall–Kier alpha value is -1.82. The number of carboxylic acids is 1. The number of rotatable bonds is 3. The van der Waals surface area contributed by atoms with Crippen LogP contribution in [0.3, 0.4) is 0 Å². The molecule has 1 saturated carbocycles. The van der Waals surface area contributed by atoms with Crippen LogP contribution in [0.4, 0.5) is 0 Å². The average Bonchev–Trinajstić information content (AvgIpc) is 3.05. The van der Waals surface area contributed by atoms with Crippen molar-refractivity contribution in [3.05, 3.63) is 34.4 Å². The van der Waals surface area contributed by atoms with Crippen molar-refractivity contribution in [1.29, 1.82) is 0 Å². The molecule has 2 aromatic rings. The first-order valence-electron chi connectivity index (χ1n) is 6.86. The summed E-state index contributed by atoms with van der Waals surface area (Å²) < 4.78 is 0.661. The lowest BCUT2D eigenvalue weighted by atomic mass is 9.97. The molecule has 21 heavy (non-hydrogen) atoms. The van der Waals surface area contributed by atoms with Crippen LogP contribution in [0.5, 0.6) is 0 Å². The Morgan fingerprint density at radius 3 is 2.52 bits per heavy atom. The van der Waals surface area contributed by atoms with Gasteiger partial charge in [-0.2, -0.15) is 0 Å². The highest BCUT2D eigenvalue weighted by molar-refractivity contribution is 9.10. The average molecular weight is 351 g/mol. The molecule has 0 atom stereocenters. The van der Waals surface area contributed by atoms with E-state index in [1.54, 1.807) is 0 Å². The maximum atomic E-state index is 12.5. The molecule has 5 nitrogen and oxygen atoms in total. The fourth-order valence-corrected chi connectivity index (χ4v) is 3.54. The number of aromatic nitrogens is 1. The number of aromatic amines is 1. The third-order valence-corrected chi connectivity index (χ3v) is 4.91. The van der Waals surface area contributed by atoms with Crippen molar-refractivity contribution in [3.8, 4) is 0 Å². The predicted octanol–water partition coefficient (Wildman–Crippen LogP) is 3.06. The van der Waals surface area contributed by atoms with E-state index in [0.717, 1.165) is 23.7 Å². The van der Waals surface area contributed by atoms with Gasteiger partial charge in [-0.15, -0.1) is 0 Å². The number of aliphatic carboxylic acids is 1. The minimum atomic E-state index is -1.13. The first-order valence-corrected chi connectivity index (χ1v) is 7.65. The largest absolute Gasteiger partial charge is 0.480 e. The van der Waals surface area contributed by atoms with Crippen LogP contribution in [0.2, 0.25) is 0 Å². The molecule has 110 valence electrons. The van der Waals surface area contributed by atoms with Crippen LogP contribution >= 0.6 is 15.9 Å². The Labute approximate surface area is 129 Å². The van der Waals surface area contributed by atoms with Crippen molar-refractivity contribution in [3.63, 3.8) is 0 Å². The summed E-state index contributed by atoms with van der Waals surface area (Å²) in [5.74, 6) is -1.34. The molecule has 1 amide bonds. The molecule has 1 fully saturated rings. The number of amides is 1. The number of halogens is 1. The van der Waals surface area contributed by atoms with Crippen molar-refractivity contribution in [2.45, 2.75) is 31.2 Å². The number of carbonyl (C=O) groups excluding carboxylic acids is 1. The van der Waals surface area contributed by atoms with Crippen LogP contribution in [-0.4, -0.2) is 27.5 Å². The van der Waals surface area contributed by atoms with Gasteiger partial charge in [0.2, 0.25) is 0 Å². The Morgan fingerprint density at radius 1 is 1.24 bits per heavy atom. The lowest BCUT2D eigenvalue weighted by molar-refractivity contribution is -0.144. The number of hydrogen-bond donors (Lipinski definition) is 3. The molecule has 0 saturated heterocycles. The maximum Gasteiger partial charge on any atom is 0.329 e. The van der Waals surface area contributed by atoms with Gasteiger partial charge in [0.05, 0.1) is 4.47 Å². The summed E-state index contributed by atoms with van der Waals surface area (Å²) in [6, 6.07) is 7.54. The summed E-state index contributed by atoms with van der Waals surface area (Å²) in [5.41, 5.74) is 0.0717. The summed E-state index contributed by atoms with van der Waals surface area (Å²) in [7, 11) is 0. The summed E-state index contributed by atoms with van der Waals surface area (Å²) in [5, 5.41) is 13.0. The molecule has 1 aromatic heterocycles. The monoisotopic (exact) mass is 350 g/mol. The molecule has 6 heteroatoms. The second-order valence-electron chi connectivity index (χ2n) is 5.41. The number of benzene rings is 1. The SMILES string of the molecule is O=C(NC1(C(=O)O)CCCC1)c1[nH]c2ccccc2c1Br. The molecule has 1 heterocycles. The Kier molecular flexibility index (Phi) is 3.49. The standard InChI is InChI=1S/C15H15BrN2O3/c16-11-9-5-1-2-6-10(9)17-12(11)13(19)18-15(14(20)21)7-3-4-8-15/h1-2,5-6,17H,3-4,7-8H2,(H,18,19)(H,20,21). The minimum absolute atomic E-state index is 0.365. The molecule has 0 bridgehead atoms. The first-order chi connectivity index (χ1) is 10.0. The predicted molar refractivity (Wildman–Crippen MR) is 82.3 cm³/mol. The second-order valence-corrected chi connectivity index (χ2v) is 6.20. The van der Waals surface area contributed by atoms with Crippen LogP contribution in [0.1, 0.15) is 36.2 Å². The molecular formula is C15H15BrN2O3. The zero-order chi connectivity index (χ0) is 15.0. The van der Waals surface area contributed by atoms with Crippen molar-refractivity contribution < 1.29 is 14.7 Å². The zero-order valence-electron chi connectivity index (χ0n) is 11.3. The zero-order valence-corrected chi connectivity index (χ0v) is 12.9. The number of H-pyrrole nitrogens is 1. The first kappa shape index (κ1) is 14.1. The summed E-state index contributed by atoms with van der Waals surface area (Å²) in [6.07, 6.45) is 2.60. The number of fused-ring (bicyclic) bond motifs is 1. The van der Waals surface area contributed by atoms with E-state index in [-0.39, 0.29) is 5.91 Å². The van der Waals surface area contributed by atoms with Crippen LogP contribution in [-0.2, 0) is 4.79 Å². The van der Waals surface area contributed by atoms with E-state index in [1.807, 2.05) is 24.3 Å². The smallest absolute Gasteiger partial charge is 0.329 e. The van der Waals surface area contributed by atoms with Crippen LogP contribution in [0, 0.1) is 0 Å². The lowest BCUT2D eigenvalue weighted by Crippen LogP contribution is -2.52. The van der Waals surface area contributed by atoms with Crippen molar-refractivity contribution in [2.75, 3.05) is 0 Å². The van der Waals surface area contributed by atoms with E-state index in [1.165, 1.54) is 0 Å². The van der Waals surface area contributed by atoms with E-state index >= 15 is 0 Å². The Morgan fingerprint density at radius 2 is 1.90 bits per heavy atom. The highest BCUT2D eigenvalue weighted by atomic mass is 79.9. The Balaban J connectivity index is 1.94. The summed E-state index contributed by atoms with van der Waals surface area (Å²) in [6.45, 7) is 0. The molecule has 1 aliphatic rings. The highest BCUT2D eigenvalue weighted by Gasteiger charge is 2.43. The van der Waals surface area contributed by atoms with Crippen LogP contribution in [0.25, 0.3) is 10.9 Å². The molecule has 0 aliphatic heterocycles. The number of carbonyl (C=O) groups is 2. The number of para-hydroxylation sites is 1. The van der Waals surface area contributed by atoms with E-state index in [9.17, 15) is 14.7 Å². The van der Waals surface area contributed by atoms with Gasteiger partial charge in [0.15, 0.2) is 0 Å². The van der Waals surface area contributed by atoms with Crippen LogP contribution in [0.15, 0.2) is 28.7 Å². The van der Waals surface area contributed by atoms with Crippen molar-refractivity contribution >= 4 is 38.7 Å². The lowest BCUT2D eigenvalue weighted by Gasteiger charge is -2.25. The van der Waals surface area contributed by atoms with Gasteiger partial charge in [-0.3, -0.25) is 4.79 Å². The van der Waals surface area contributed by atoms with Crippen LogP contribution < -0.4 is 5.32 Å². The fourth-order valence-electron chi connectivity index (χ4n) is 2.91. The van der Waals surface area contributed by atoms with Gasteiger partial charge in [-0.05, 0) is 34.8 Å². The topological polar surface area (TPSA) is 82.2 Å². The van der Waals surface area contributed by atoms with Gasteiger partial charge in [0.25, 0.3) is 5.91 Å². The van der Waals surface area contributed by atoms with Crippen molar-refractivity contribution in [2.24, 2.45) is 0 Å². The van der Waals surface area contributed by atoms with Crippen molar-refractivity contribution in [1.82, 2.24) is 10.3 Å². The molecule has 3 rings (SSSR count). The van der Waals surface area contributed by atoms with Gasteiger partial charge in [-0.1, -0.05) is 31.0 Å². The third kappa shape index (κ3) is 2.33. The molecule has 3 N–H and O–H groups in total. The van der Waals surface area contributed by atoms with E-state index < -0.39 is 11.5 Å². The second kappa shape index (κ2) is 5.18. The minimum Gasteiger partial charge on any atom is -0.480 e. The van der Waals surface area contributed by atoms with Gasteiger partial charge in [0.1, 0.15) is 11.2 Å². The highest BCUT2D eigenvalue weighted by Crippen LogP contribution is 2.32. The quantitative estimate of drug-likeness (QED) is 0.795.